The van der Waals surface area contributed by atoms with E-state index in [1.165, 1.54) is 5.56 Å². The molecule has 0 aliphatic rings. The number of phenols is 1. The van der Waals surface area contributed by atoms with Crippen molar-refractivity contribution in [2.45, 2.75) is 17.3 Å². The lowest BCUT2D eigenvalue weighted by Crippen LogP contribution is -1.95. The van der Waals surface area contributed by atoms with Crippen LogP contribution in [0.1, 0.15) is 24.0 Å². The normalized spacial score (nSPS) is 12.8. The van der Waals surface area contributed by atoms with Crippen molar-refractivity contribution in [2.24, 2.45) is 0 Å². The van der Waals surface area contributed by atoms with Crippen molar-refractivity contribution in [1.82, 2.24) is 0 Å². The molecule has 0 fully saturated rings. The Kier molecular flexibility index (Phi) is 4.78. The highest BCUT2D eigenvalue weighted by molar-refractivity contribution is 14.1. The number of halogens is 2. The zero-order chi connectivity index (χ0) is 9.84. The molecule has 0 radical (unpaired) electrons. The molecule has 1 N–H and O–H groups in total. The summed E-state index contributed by atoms with van der Waals surface area (Å²) in [6.45, 7) is 2.13. The molecular weight excluding hydrogens is 390 g/mol. The maximum absolute atomic E-state index is 9.72. The fraction of sp³-hybridized carbons (Fsp3) is 0.400. The van der Waals surface area contributed by atoms with E-state index in [9.17, 15) is 5.11 Å². The fourth-order valence-corrected chi connectivity index (χ4v) is 2.12. The van der Waals surface area contributed by atoms with Crippen LogP contribution < -0.4 is 0 Å². The molecule has 3 heteroatoms. The molecule has 0 aromatic heterocycles. The molecule has 1 nitrogen and oxygen atoms in total. The number of benzene rings is 1. The van der Waals surface area contributed by atoms with Gasteiger partial charge in [-0.05, 0) is 23.1 Å². The molecule has 0 amide bonds. The highest BCUT2D eigenvalue weighted by Crippen LogP contribution is 2.28. The molecular formula is C10H12I2O. The minimum atomic E-state index is 0.434. The van der Waals surface area contributed by atoms with E-state index < -0.39 is 0 Å². The van der Waals surface area contributed by atoms with Gasteiger partial charge in [0, 0.05) is 8.86 Å². The summed E-state index contributed by atoms with van der Waals surface area (Å²) in [6.07, 6.45) is 0. The van der Waals surface area contributed by atoms with Crippen LogP contribution >= 0.6 is 45.2 Å². The van der Waals surface area contributed by atoms with Crippen LogP contribution in [0.15, 0.2) is 18.2 Å². The predicted octanol–water partition coefficient (Wildman–Crippen LogP) is 3.87. The second-order valence-electron chi connectivity index (χ2n) is 3.08. The van der Waals surface area contributed by atoms with E-state index in [0.29, 0.717) is 11.7 Å². The molecule has 1 aromatic rings. The maximum atomic E-state index is 9.72. The van der Waals surface area contributed by atoms with Crippen molar-refractivity contribution >= 4 is 45.2 Å². The highest BCUT2D eigenvalue weighted by Gasteiger charge is 2.08. The maximum Gasteiger partial charge on any atom is 0.119 e. The summed E-state index contributed by atoms with van der Waals surface area (Å²) in [5.74, 6) is 0.877. The Bertz CT molecular complexity index is 286. The minimum absolute atomic E-state index is 0.434. The summed E-state index contributed by atoms with van der Waals surface area (Å²) in [6, 6.07) is 5.99. The van der Waals surface area contributed by atoms with Gasteiger partial charge in [-0.3, -0.25) is 0 Å². The quantitative estimate of drug-likeness (QED) is 0.602. The number of hydrogen-bond acceptors (Lipinski definition) is 1. The fourth-order valence-electron chi connectivity index (χ4n) is 1.17. The van der Waals surface area contributed by atoms with Gasteiger partial charge in [-0.1, -0.05) is 64.2 Å². The average molecular weight is 402 g/mol. The summed E-state index contributed by atoms with van der Waals surface area (Å²) < 4.78 is 1.99. The van der Waals surface area contributed by atoms with E-state index >= 15 is 0 Å². The first-order valence-corrected chi connectivity index (χ1v) is 7.18. The van der Waals surface area contributed by atoms with Gasteiger partial charge in [0.05, 0.1) is 0 Å². The van der Waals surface area contributed by atoms with Crippen LogP contribution in [0.5, 0.6) is 5.75 Å². The van der Waals surface area contributed by atoms with Crippen molar-refractivity contribution in [3.63, 3.8) is 0 Å². The van der Waals surface area contributed by atoms with E-state index in [0.717, 1.165) is 14.4 Å². The second kappa shape index (κ2) is 5.38. The lowest BCUT2D eigenvalue weighted by molar-refractivity contribution is 0.465. The number of aromatic hydroxyl groups is 1. The molecule has 1 unspecified atom stereocenters. The molecule has 1 aromatic carbocycles. The Morgan fingerprint density at radius 1 is 1.38 bits per heavy atom. The van der Waals surface area contributed by atoms with Gasteiger partial charge in [-0.2, -0.15) is 0 Å². The van der Waals surface area contributed by atoms with Crippen molar-refractivity contribution < 1.29 is 5.11 Å². The molecule has 0 saturated carbocycles. The molecule has 0 spiro atoms. The van der Waals surface area contributed by atoms with Crippen molar-refractivity contribution in [1.29, 1.82) is 0 Å². The first-order chi connectivity index (χ1) is 6.19. The number of phenolic OH excluding ortho intramolecular Hbond substituents is 1. The molecule has 0 aliphatic carbocycles. The van der Waals surface area contributed by atoms with E-state index in [4.69, 9.17) is 0 Å². The van der Waals surface area contributed by atoms with Crippen LogP contribution in [-0.4, -0.2) is 9.53 Å². The number of hydrogen-bond donors (Lipinski definition) is 1. The largest absolute Gasteiger partial charge is 0.508 e. The Balaban J connectivity index is 2.98. The third-order valence-corrected chi connectivity index (χ3v) is 4.21. The van der Waals surface area contributed by atoms with Gasteiger partial charge in [-0.15, -0.1) is 0 Å². The van der Waals surface area contributed by atoms with E-state index in [2.05, 4.69) is 58.2 Å². The lowest BCUT2D eigenvalue weighted by Gasteiger charge is -2.10. The SMILES string of the molecule is CC(CI)c1ccc(CI)cc1O. The third kappa shape index (κ3) is 2.97. The van der Waals surface area contributed by atoms with E-state index in [-0.39, 0.29) is 0 Å². The van der Waals surface area contributed by atoms with Crippen molar-refractivity contribution in [3.05, 3.63) is 29.3 Å². The van der Waals surface area contributed by atoms with Gasteiger partial charge >= 0.3 is 0 Å². The zero-order valence-corrected chi connectivity index (χ0v) is 11.7. The number of rotatable bonds is 3. The molecule has 1 atom stereocenters. The Labute approximate surface area is 106 Å². The highest BCUT2D eigenvalue weighted by atomic mass is 127. The molecule has 72 valence electrons. The summed E-state index contributed by atoms with van der Waals surface area (Å²) in [5, 5.41) is 9.72. The van der Waals surface area contributed by atoms with Gasteiger partial charge in [0.15, 0.2) is 0 Å². The molecule has 0 saturated heterocycles. The Morgan fingerprint density at radius 2 is 2.08 bits per heavy atom. The van der Waals surface area contributed by atoms with Crippen LogP contribution in [-0.2, 0) is 4.43 Å². The van der Waals surface area contributed by atoms with Crippen LogP contribution in [0.3, 0.4) is 0 Å². The zero-order valence-electron chi connectivity index (χ0n) is 7.43. The first-order valence-electron chi connectivity index (χ1n) is 4.12. The van der Waals surface area contributed by atoms with E-state index in [1.54, 1.807) is 0 Å². The van der Waals surface area contributed by atoms with Gasteiger partial charge in [-0.25, -0.2) is 0 Å². The van der Waals surface area contributed by atoms with Gasteiger partial charge in [0.25, 0.3) is 0 Å². The molecule has 0 bridgehead atoms. The van der Waals surface area contributed by atoms with Crippen molar-refractivity contribution in [2.75, 3.05) is 4.43 Å². The Hall–Kier alpha value is 0.480. The summed E-state index contributed by atoms with van der Waals surface area (Å²) in [7, 11) is 0. The lowest BCUT2D eigenvalue weighted by atomic mass is 10.0. The van der Waals surface area contributed by atoms with Gasteiger partial charge in [0.2, 0.25) is 0 Å². The Morgan fingerprint density at radius 3 is 2.54 bits per heavy atom. The van der Waals surface area contributed by atoms with Crippen LogP contribution in [0.4, 0.5) is 0 Å². The van der Waals surface area contributed by atoms with Gasteiger partial charge in [0.1, 0.15) is 5.75 Å². The summed E-state index contributed by atoms with van der Waals surface area (Å²) in [4.78, 5) is 0. The smallest absolute Gasteiger partial charge is 0.119 e. The number of alkyl halides is 2. The minimum Gasteiger partial charge on any atom is -0.508 e. The molecule has 13 heavy (non-hydrogen) atoms. The molecule has 0 aliphatic heterocycles. The van der Waals surface area contributed by atoms with Crippen LogP contribution in [0, 0.1) is 0 Å². The van der Waals surface area contributed by atoms with E-state index in [1.807, 2.05) is 12.1 Å². The third-order valence-electron chi connectivity index (χ3n) is 2.01. The standard InChI is InChI=1S/C10H12I2O/c1-7(5-11)9-3-2-8(6-12)4-10(9)13/h2-4,7,13H,5-6H2,1H3. The van der Waals surface area contributed by atoms with Crippen LogP contribution in [0.2, 0.25) is 0 Å². The molecule has 1 rings (SSSR count). The summed E-state index contributed by atoms with van der Waals surface area (Å²) in [5.41, 5.74) is 2.24. The second-order valence-corrected chi connectivity index (χ2v) is 4.73. The molecule has 0 heterocycles. The average Bonchev–Trinajstić information content (AvgIpc) is 2.16. The van der Waals surface area contributed by atoms with Gasteiger partial charge < -0.3 is 5.11 Å². The van der Waals surface area contributed by atoms with Crippen LogP contribution in [0.25, 0.3) is 0 Å². The first kappa shape index (κ1) is 11.6. The van der Waals surface area contributed by atoms with Crippen molar-refractivity contribution in [3.8, 4) is 5.75 Å². The topological polar surface area (TPSA) is 20.2 Å². The summed E-state index contributed by atoms with van der Waals surface area (Å²) >= 11 is 4.63. The predicted molar refractivity (Wildman–Crippen MR) is 73.1 cm³/mol. The monoisotopic (exact) mass is 402 g/mol.